The number of nitrogens with zero attached hydrogens (tertiary/aromatic N) is 2. The fourth-order valence-corrected chi connectivity index (χ4v) is 4.65. The van der Waals surface area contributed by atoms with E-state index >= 15 is 0 Å². The van der Waals surface area contributed by atoms with Gasteiger partial charge in [0.25, 0.3) is 0 Å². The summed E-state index contributed by atoms with van der Waals surface area (Å²) >= 11 is 0. The Morgan fingerprint density at radius 3 is 2.67 bits per heavy atom. The monoisotopic (exact) mass is 248 g/mol. The molecule has 2 aliphatic carbocycles. The fraction of sp³-hybridized carbons (Fsp3) is 0.933. The summed E-state index contributed by atoms with van der Waals surface area (Å²) in [6.45, 7) is 5.61. The summed E-state index contributed by atoms with van der Waals surface area (Å²) in [4.78, 5) is 17.5. The van der Waals surface area contributed by atoms with E-state index in [1.54, 1.807) is 0 Å². The van der Waals surface area contributed by atoms with Crippen LogP contribution in [0.25, 0.3) is 0 Å². The highest BCUT2D eigenvalue weighted by Gasteiger charge is 2.50. The minimum Gasteiger partial charge on any atom is -0.337 e. The molecule has 4 unspecified atom stereocenters. The van der Waals surface area contributed by atoms with Crippen LogP contribution in [-0.4, -0.2) is 47.4 Å². The third-order valence-electron chi connectivity index (χ3n) is 5.81. The SMILES string of the molecule is CC1CN2CCCC2CN1C(=O)C1CC2CC2C1. The van der Waals surface area contributed by atoms with Crippen molar-refractivity contribution in [1.82, 2.24) is 9.80 Å². The van der Waals surface area contributed by atoms with Gasteiger partial charge in [0.05, 0.1) is 0 Å². The highest BCUT2D eigenvalue weighted by Crippen LogP contribution is 2.54. The second kappa shape index (κ2) is 3.96. The number of carbonyl (C=O) groups is 1. The van der Waals surface area contributed by atoms with Gasteiger partial charge in [0.1, 0.15) is 0 Å². The topological polar surface area (TPSA) is 23.6 Å². The number of fused-ring (bicyclic) bond motifs is 2. The summed E-state index contributed by atoms with van der Waals surface area (Å²) in [6.07, 6.45) is 6.43. The van der Waals surface area contributed by atoms with E-state index in [4.69, 9.17) is 0 Å². The summed E-state index contributed by atoms with van der Waals surface area (Å²) in [6, 6.07) is 1.10. The average molecular weight is 248 g/mol. The maximum atomic E-state index is 12.7. The first kappa shape index (κ1) is 11.3. The van der Waals surface area contributed by atoms with Crippen molar-refractivity contribution < 1.29 is 4.79 Å². The zero-order valence-electron chi connectivity index (χ0n) is 11.3. The van der Waals surface area contributed by atoms with Gasteiger partial charge in [-0.1, -0.05) is 0 Å². The lowest BCUT2D eigenvalue weighted by molar-refractivity contribution is -0.141. The molecule has 0 aromatic rings. The molecule has 0 bridgehead atoms. The van der Waals surface area contributed by atoms with Crippen molar-refractivity contribution in [2.24, 2.45) is 17.8 Å². The maximum absolute atomic E-state index is 12.7. The molecule has 4 fully saturated rings. The van der Waals surface area contributed by atoms with Crippen molar-refractivity contribution in [3.63, 3.8) is 0 Å². The van der Waals surface area contributed by atoms with Crippen LogP contribution in [-0.2, 0) is 4.79 Å². The van der Waals surface area contributed by atoms with Gasteiger partial charge in [0, 0.05) is 31.1 Å². The summed E-state index contributed by atoms with van der Waals surface area (Å²) in [7, 11) is 0. The number of carbonyl (C=O) groups excluding carboxylic acids is 1. The third kappa shape index (κ3) is 1.70. The van der Waals surface area contributed by atoms with Crippen LogP contribution < -0.4 is 0 Å². The molecule has 4 rings (SSSR count). The number of rotatable bonds is 1. The first-order valence-corrected chi connectivity index (χ1v) is 7.77. The predicted octanol–water partition coefficient (Wildman–Crippen LogP) is 1.73. The summed E-state index contributed by atoms with van der Waals surface area (Å²) in [5.41, 5.74) is 0. The van der Waals surface area contributed by atoms with Crippen LogP contribution in [0.1, 0.15) is 39.0 Å². The Hall–Kier alpha value is -0.570. The van der Waals surface area contributed by atoms with Crippen molar-refractivity contribution in [1.29, 1.82) is 0 Å². The normalized spacial score (nSPS) is 46.9. The first-order valence-electron chi connectivity index (χ1n) is 7.77. The molecule has 2 heterocycles. The van der Waals surface area contributed by atoms with Crippen LogP contribution in [0.5, 0.6) is 0 Å². The molecular formula is C15H24N2O. The highest BCUT2D eigenvalue weighted by atomic mass is 16.2. The van der Waals surface area contributed by atoms with E-state index in [9.17, 15) is 4.79 Å². The predicted molar refractivity (Wildman–Crippen MR) is 70.1 cm³/mol. The van der Waals surface area contributed by atoms with Gasteiger partial charge in [0.15, 0.2) is 0 Å². The summed E-state index contributed by atoms with van der Waals surface area (Å²) < 4.78 is 0. The molecule has 100 valence electrons. The number of piperazine rings is 1. The molecule has 0 N–H and O–H groups in total. The van der Waals surface area contributed by atoms with E-state index in [0.29, 0.717) is 23.9 Å². The van der Waals surface area contributed by atoms with Crippen LogP contribution in [0.15, 0.2) is 0 Å². The minimum absolute atomic E-state index is 0.379. The molecule has 4 aliphatic rings. The molecule has 2 saturated heterocycles. The second-order valence-corrected chi connectivity index (χ2v) is 7.05. The maximum Gasteiger partial charge on any atom is 0.226 e. The van der Waals surface area contributed by atoms with Crippen molar-refractivity contribution in [2.45, 2.75) is 51.1 Å². The molecule has 1 amide bonds. The molecule has 2 aliphatic heterocycles. The zero-order valence-corrected chi connectivity index (χ0v) is 11.3. The van der Waals surface area contributed by atoms with Gasteiger partial charge in [-0.3, -0.25) is 9.69 Å². The van der Waals surface area contributed by atoms with Gasteiger partial charge in [-0.2, -0.15) is 0 Å². The summed E-state index contributed by atoms with van der Waals surface area (Å²) in [5.74, 6) is 2.70. The fourth-order valence-electron chi connectivity index (χ4n) is 4.65. The smallest absolute Gasteiger partial charge is 0.226 e. The number of hydrogen-bond acceptors (Lipinski definition) is 2. The van der Waals surface area contributed by atoms with Crippen molar-refractivity contribution >= 4 is 5.91 Å². The van der Waals surface area contributed by atoms with Gasteiger partial charge in [-0.05, 0) is 57.4 Å². The van der Waals surface area contributed by atoms with Crippen LogP contribution in [0.4, 0.5) is 0 Å². The molecule has 4 atom stereocenters. The molecule has 0 aromatic carbocycles. The zero-order chi connectivity index (χ0) is 12.3. The van der Waals surface area contributed by atoms with Crippen molar-refractivity contribution in [3.05, 3.63) is 0 Å². The molecular weight excluding hydrogens is 224 g/mol. The lowest BCUT2D eigenvalue weighted by Crippen LogP contribution is -2.57. The van der Waals surface area contributed by atoms with Gasteiger partial charge in [-0.15, -0.1) is 0 Å². The molecule has 3 nitrogen and oxygen atoms in total. The number of hydrogen-bond donors (Lipinski definition) is 0. The lowest BCUT2D eigenvalue weighted by atomic mass is 9.99. The average Bonchev–Trinajstić information content (AvgIpc) is 2.78. The molecule has 0 aromatic heterocycles. The largest absolute Gasteiger partial charge is 0.337 e. The standard InChI is InChI=1S/C15H24N2O/c1-10-8-16-4-2-3-14(16)9-17(10)15(18)13-6-11-5-12(11)7-13/h10-14H,2-9H2,1H3. The Kier molecular flexibility index (Phi) is 2.48. The van der Waals surface area contributed by atoms with Gasteiger partial charge in [-0.25, -0.2) is 0 Å². The van der Waals surface area contributed by atoms with E-state index in [0.717, 1.165) is 24.9 Å². The van der Waals surface area contributed by atoms with E-state index in [1.165, 1.54) is 38.6 Å². The lowest BCUT2D eigenvalue weighted by Gasteiger charge is -2.43. The Bertz CT molecular complexity index is 360. The minimum atomic E-state index is 0.379. The Morgan fingerprint density at radius 1 is 1.11 bits per heavy atom. The van der Waals surface area contributed by atoms with Crippen molar-refractivity contribution in [2.75, 3.05) is 19.6 Å². The Morgan fingerprint density at radius 2 is 1.89 bits per heavy atom. The molecule has 2 saturated carbocycles. The van der Waals surface area contributed by atoms with Crippen LogP contribution in [0.2, 0.25) is 0 Å². The third-order valence-corrected chi connectivity index (χ3v) is 5.81. The van der Waals surface area contributed by atoms with Crippen LogP contribution in [0.3, 0.4) is 0 Å². The Balaban J connectivity index is 1.44. The van der Waals surface area contributed by atoms with Gasteiger partial charge >= 0.3 is 0 Å². The number of amides is 1. The molecule has 0 radical (unpaired) electrons. The Labute approximate surface area is 110 Å². The van der Waals surface area contributed by atoms with E-state index < -0.39 is 0 Å². The van der Waals surface area contributed by atoms with Gasteiger partial charge < -0.3 is 4.90 Å². The second-order valence-electron chi connectivity index (χ2n) is 7.05. The molecule has 0 spiro atoms. The van der Waals surface area contributed by atoms with E-state index in [2.05, 4.69) is 16.7 Å². The van der Waals surface area contributed by atoms with Crippen LogP contribution >= 0.6 is 0 Å². The molecule has 3 heteroatoms. The van der Waals surface area contributed by atoms with Crippen LogP contribution in [0, 0.1) is 17.8 Å². The van der Waals surface area contributed by atoms with E-state index in [1.807, 2.05) is 0 Å². The quantitative estimate of drug-likeness (QED) is 0.705. The first-order chi connectivity index (χ1) is 8.72. The molecule has 18 heavy (non-hydrogen) atoms. The highest BCUT2D eigenvalue weighted by molar-refractivity contribution is 5.80. The van der Waals surface area contributed by atoms with Gasteiger partial charge in [0.2, 0.25) is 5.91 Å². The van der Waals surface area contributed by atoms with Crippen molar-refractivity contribution in [3.8, 4) is 0 Å². The summed E-state index contributed by atoms with van der Waals surface area (Å²) in [5, 5.41) is 0. The van der Waals surface area contributed by atoms with E-state index in [-0.39, 0.29) is 0 Å².